The van der Waals surface area contributed by atoms with Crippen LogP contribution in [0, 0.1) is 11.3 Å². The van der Waals surface area contributed by atoms with Crippen molar-refractivity contribution in [2.45, 2.75) is 51.2 Å². The van der Waals surface area contributed by atoms with Crippen molar-refractivity contribution in [2.75, 3.05) is 19.8 Å². The van der Waals surface area contributed by atoms with Gasteiger partial charge < -0.3 is 4.74 Å². The Balaban J connectivity index is 3.66. The van der Waals surface area contributed by atoms with Crippen LogP contribution in [0.1, 0.15) is 39.5 Å². The molecule has 0 heterocycles. The van der Waals surface area contributed by atoms with E-state index in [1.807, 2.05) is 6.92 Å². The second-order valence-electron chi connectivity index (χ2n) is 4.45. The summed E-state index contributed by atoms with van der Waals surface area (Å²) in [6.07, 6.45) is -3.59. The van der Waals surface area contributed by atoms with Gasteiger partial charge in [-0.25, -0.2) is 0 Å². The van der Waals surface area contributed by atoms with Crippen LogP contribution in [-0.4, -0.2) is 31.5 Å². The van der Waals surface area contributed by atoms with Crippen molar-refractivity contribution in [2.24, 2.45) is 0 Å². The molecule has 3 nitrogen and oxygen atoms in total. The predicted molar refractivity (Wildman–Crippen MR) is 63.0 cm³/mol. The lowest BCUT2D eigenvalue weighted by molar-refractivity contribution is -0.137. The zero-order valence-electron chi connectivity index (χ0n) is 10.9. The maximum absolute atomic E-state index is 11.8. The highest BCUT2D eigenvalue weighted by Crippen LogP contribution is 2.21. The molecular weight excluding hydrogens is 245 g/mol. The second-order valence-corrected chi connectivity index (χ2v) is 4.45. The molecule has 0 amide bonds. The molecule has 106 valence electrons. The van der Waals surface area contributed by atoms with Crippen LogP contribution in [0.15, 0.2) is 0 Å². The van der Waals surface area contributed by atoms with Crippen LogP contribution in [0.3, 0.4) is 0 Å². The highest BCUT2D eigenvalue weighted by molar-refractivity contribution is 5.03. The number of nitrogens with zero attached hydrogens (tertiary/aromatic N) is 1. The van der Waals surface area contributed by atoms with Crippen LogP contribution in [0.25, 0.3) is 0 Å². The van der Waals surface area contributed by atoms with Crippen molar-refractivity contribution in [3.63, 3.8) is 0 Å². The summed E-state index contributed by atoms with van der Waals surface area (Å²) >= 11 is 0. The largest absolute Gasteiger partial charge is 0.389 e. The van der Waals surface area contributed by atoms with Gasteiger partial charge in [0.25, 0.3) is 0 Å². The van der Waals surface area contributed by atoms with Gasteiger partial charge in [0.15, 0.2) is 0 Å². The zero-order chi connectivity index (χ0) is 14.1. The van der Waals surface area contributed by atoms with E-state index in [-0.39, 0.29) is 13.0 Å². The Morgan fingerprint density at radius 2 is 1.89 bits per heavy atom. The van der Waals surface area contributed by atoms with E-state index < -0.39 is 18.1 Å². The molecule has 0 spiro atoms. The minimum atomic E-state index is -4.12. The molecular formula is C12H21F3N2O. The van der Waals surface area contributed by atoms with Crippen LogP contribution < -0.4 is 5.32 Å². The fourth-order valence-electron chi connectivity index (χ4n) is 1.34. The van der Waals surface area contributed by atoms with Gasteiger partial charge in [0, 0.05) is 26.1 Å². The highest BCUT2D eigenvalue weighted by atomic mass is 19.4. The lowest BCUT2D eigenvalue weighted by atomic mass is 10.0. The molecule has 0 saturated heterocycles. The van der Waals surface area contributed by atoms with Crippen LogP contribution >= 0.6 is 0 Å². The highest BCUT2D eigenvalue weighted by Gasteiger charge is 2.26. The number of nitrogens with one attached hydrogen (secondary N) is 1. The average Bonchev–Trinajstić information content (AvgIpc) is 2.30. The molecule has 0 aromatic carbocycles. The Hall–Kier alpha value is -0.800. The molecule has 1 atom stereocenters. The van der Waals surface area contributed by atoms with E-state index in [9.17, 15) is 13.2 Å². The first-order valence-electron chi connectivity index (χ1n) is 6.14. The Labute approximate surface area is 106 Å². The van der Waals surface area contributed by atoms with Gasteiger partial charge in [-0.3, -0.25) is 5.32 Å². The van der Waals surface area contributed by atoms with Gasteiger partial charge in [0.1, 0.15) is 5.54 Å². The molecule has 0 aromatic heterocycles. The first-order chi connectivity index (χ1) is 8.33. The minimum Gasteiger partial charge on any atom is -0.381 e. The van der Waals surface area contributed by atoms with Gasteiger partial charge in [-0.05, 0) is 26.3 Å². The van der Waals surface area contributed by atoms with E-state index in [0.29, 0.717) is 13.0 Å². The van der Waals surface area contributed by atoms with Crippen LogP contribution in [0.4, 0.5) is 13.2 Å². The Morgan fingerprint density at radius 3 is 2.39 bits per heavy atom. The summed E-state index contributed by atoms with van der Waals surface area (Å²) in [7, 11) is 0. The van der Waals surface area contributed by atoms with Crippen molar-refractivity contribution < 1.29 is 17.9 Å². The Morgan fingerprint density at radius 1 is 1.22 bits per heavy atom. The van der Waals surface area contributed by atoms with Crippen molar-refractivity contribution in [1.29, 1.82) is 5.26 Å². The standard InChI is InChI=1S/C12H21F3N2O/c1-3-7-17-11(2,10-16)6-9-18-8-4-5-12(13,14)15/h17H,3-9H2,1-2H3. The summed E-state index contributed by atoms with van der Waals surface area (Å²) in [4.78, 5) is 0. The van der Waals surface area contributed by atoms with Crippen LogP contribution in [0.2, 0.25) is 0 Å². The smallest absolute Gasteiger partial charge is 0.381 e. The summed E-state index contributed by atoms with van der Waals surface area (Å²) in [6.45, 7) is 4.87. The SMILES string of the molecule is CCCNC(C)(C#N)CCOCCCC(F)(F)F. The first kappa shape index (κ1) is 17.2. The lowest BCUT2D eigenvalue weighted by Crippen LogP contribution is -2.42. The third-order valence-electron chi connectivity index (χ3n) is 2.51. The average molecular weight is 266 g/mol. The number of ether oxygens (including phenoxy) is 1. The monoisotopic (exact) mass is 266 g/mol. The summed E-state index contributed by atoms with van der Waals surface area (Å²) in [5, 5.41) is 12.1. The minimum absolute atomic E-state index is 0.0326. The number of halogens is 3. The third-order valence-corrected chi connectivity index (χ3v) is 2.51. The van der Waals surface area contributed by atoms with E-state index in [1.54, 1.807) is 6.92 Å². The van der Waals surface area contributed by atoms with Gasteiger partial charge >= 0.3 is 6.18 Å². The third kappa shape index (κ3) is 9.25. The molecule has 18 heavy (non-hydrogen) atoms. The molecule has 1 N–H and O–H groups in total. The van der Waals surface area contributed by atoms with Crippen LogP contribution in [-0.2, 0) is 4.74 Å². The molecule has 0 aliphatic rings. The van der Waals surface area contributed by atoms with E-state index in [0.717, 1.165) is 13.0 Å². The van der Waals surface area contributed by atoms with E-state index in [4.69, 9.17) is 10.00 Å². The number of alkyl halides is 3. The molecule has 0 radical (unpaired) electrons. The number of rotatable bonds is 9. The van der Waals surface area contributed by atoms with Gasteiger partial charge in [-0.2, -0.15) is 18.4 Å². The maximum Gasteiger partial charge on any atom is 0.389 e. The molecule has 0 aliphatic heterocycles. The number of hydrogen-bond donors (Lipinski definition) is 1. The van der Waals surface area contributed by atoms with Gasteiger partial charge in [-0.15, -0.1) is 0 Å². The molecule has 0 aliphatic carbocycles. The molecule has 1 unspecified atom stereocenters. The van der Waals surface area contributed by atoms with Crippen molar-refractivity contribution in [3.8, 4) is 6.07 Å². The molecule has 0 rings (SSSR count). The fraction of sp³-hybridized carbons (Fsp3) is 0.917. The van der Waals surface area contributed by atoms with Gasteiger partial charge in [0.05, 0.1) is 6.07 Å². The summed E-state index contributed by atoms with van der Waals surface area (Å²) in [5.41, 5.74) is -0.667. The number of hydrogen-bond acceptors (Lipinski definition) is 3. The molecule has 6 heteroatoms. The van der Waals surface area contributed by atoms with E-state index in [1.165, 1.54) is 0 Å². The van der Waals surface area contributed by atoms with Gasteiger partial charge in [-0.1, -0.05) is 6.92 Å². The number of nitriles is 1. The maximum atomic E-state index is 11.8. The second kappa shape index (κ2) is 8.33. The van der Waals surface area contributed by atoms with E-state index >= 15 is 0 Å². The molecule has 0 fully saturated rings. The fourth-order valence-corrected chi connectivity index (χ4v) is 1.34. The van der Waals surface area contributed by atoms with E-state index in [2.05, 4.69) is 11.4 Å². The van der Waals surface area contributed by atoms with Crippen molar-refractivity contribution in [1.82, 2.24) is 5.32 Å². The first-order valence-corrected chi connectivity index (χ1v) is 6.14. The zero-order valence-corrected chi connectivity index (χ0v) is 10.9. The quantitative estimate of drug-likeness (QED) is 0.652. The normalized spacial score (nSPS) is 15.1. The van der Waals surface area contributed by atoms with Gasteiger partial charge in [0.2, 0.25) is 0 Å². The Kier molecular flexibility index (Phi) is 7.96. The van der Waals surface area contributed by atoms with Crippen molar-refractivity contribution >= 4 is 0 Å². The molecule has 0 saturated carbocycles. The summed E-state index contributed by atoms with van der Waals surface area (Å²) < 4.78 is 40.6. The van der Waals surface area contributed by atoms with Crippen LogP contribution in [0.5, 0.6) is 0 Å². The molecule has 0 bridgehead atoms. The predicted octanol–water partition coefficient (Wildman–Crippen LogP) is 3.02. The Bertz CT molecular complexity index is 263. The topological polar surface area (TPSA) is 45.0 Å². The molecule has 0 aromatic rings. The lowest BCUT2D eigenvalue weighted by Gasteiger charge is -2.22. The van der Waals surface area contributed by atoms with Crippen molar-refractivity contribution in [3.05, 3.63) is 0 Å². The summed E-state index contributed by atoms with van der Waals surface area (Å²) in [5.74, 6) is 0. The summed E-state index contributed by atoms with van der Waals surface area (Å²) in [6, 6.07) is 2.16.